The minimum Gasteiger partial charge on any atom is -0.481 e. The van der Waals surface area contributed by atoms with E-state index in [0.29, 0.717) is 6.42 Å². The van der Waals surface area contributed by atoms with E-state index >= 15 is 0 Å². The van der Waals surface area contributed by atoms with Crippen LogP contribution in [0.4, 0.5) is 0 Å². The average Bonchev–Trinajstić information content (AvgIpc) is 2.53. The molecule has 1 aliphatic heterocycles. The Hall–Kier alpha value is -0.960. The molecule has 0 saturated heterocycles. The number of unbranched alkanes of at least 4 members (excludes halogenated alkanes) is 6. The van der Waals surface area contributed by atoms with Gasteiger partial charge in [0.15, 0.2) is 11.9 Å². The van der Waals surface area contributed by atoms with Crippen molar-refractivity contribution >= 4 is 17.5 Å². The number of hydrogen-bond acceptors (Lipinski definition) is 3. The molecule has 2 rings (SSSR count). The monoisotopic (exact) mass is 306 g/mol. The predicted molar refractivity (Wildman–Crippen MR) is 89.2 cm³/mol. The number of para-hydroxylation sites is 1. The molecule has 1 unspecified atom stereocenters. The maximum Gasteiger partial charge on any atom is 0.174 e. The Morgan fingerprint density at radius 1 is 1.14 bits per heavy atom. The van der Waals surface area contributed by atoms with Crippen LogP contribution in [0.25, 0.3) is 0 Å². The normalized spacial score (nSPS) is 17.1. The van der Waals surface area contributed by atoms with Gasteiger partial charge in [-0.1, -0.05) is 57.6 Å². The molecule has 0 spiro atoms. The van der Waals surface area contributed by atoms with E-state index in [2.05, 4.69) is 13.0 Å². The first kappa shape index (κ1) is 16.4. The van der Waals surface area contributed by atoms with Gasteiger partial charge in [-0.15, -0.1) is 11.8 Å². The molecule has 0 fully saturated rings. The van der Waals surface area contributed by atoms with Gasteiger partial charge >= 0.3 is 0 Å². The van der Waals surface area contributed by atoms with E-state index in [4.69, 9.17) is 4.74 Å². The Balaban J connectivity index is 1.64. The van der Waals surface area contributed by atoms with Gasteiger partial charge in [-0.2, -0.15) is 0 Å². The van der Waals surface area contributed by atoms with E-state index in [1.165, 1.54) is 38.5 Å². The summed E-state index contributed by atoms with van der Waals surface area (Å²) in [5.41, 5.74) is 0. The predicted octanol–water partition coefficient (Wildman–Crippen LogP) is 5.25. The highest BCUT2D eigenvalue weighted by Gasteiger charge is 2.25. The summed E-state index contributed by atoms with van der Waals surface area (Å²) < 4.78 is 5.83. The van der Waals surface area contributed by atoms with Gasteiger partial charge < -0.3 is 4.74 Å². The molecule has 0 saturated carbocycles. The number of carbonyl (C=O) groups is 1. The van der Waals surface area contributed by atoms with E-state index in [0.717, 1.165) is 22.8 Å². The lowest BCUT2D eigenvalue weighted by molar-refractivity contribution is -0.125. The summed E-state index contributed by atoms with van der Waals surface area (Å²) >= 11 is 1.73. The Kier molecular flexibility index (Phi) is 7.14. The van der Waals surface area contributed by atoms with Gasteiger partial charge in [0.25, 0.3) is 0 Å². The molecule has 3 heteroatoms. The molecule has 1 heterocycles. The number of ketones is 1. The van der Waals surface area contributed by atoms with Crippen molar-refractivity contribution in [2.24, 2.45) is 0 Å². The Bertz CT molecular complexity index is 445. The molecule has 1 atom stereocenters. The quantitative estimate of drug-likeness (QED) is 0.583. The summed E-state index contributed by atoms with van der Waals surface area (Å²) in [5, 5.41) is 0. The number of Topliss-reactive ketones (excluding diaryl/α,β-unsaturated/α-hetero) is 1. The number of rotatable bonds is 9. The molecule has 0 amide bonds. The summed E-state index contributed by atoms with van der Waals surface area (Å²) in [6.07, 6.45) is 9.14. The Morgan fingerprint density at radius 2 is 1.86 bits per heavy atom. The zero-order chi connectivity index (χ0) is 14.9. The zero-order valence-electron chi connectivity index (χ0n) is 13.0. The van der Waals surface area contributed by atoms with Gasteiger partial charge in [0.05, 0.1) is 0 Å². The molecule has 0 aliphatic carbocycles. The first-order chi connectivity index (χ1) is 10.3. The molecule has 116 valence electrons. The largest absolute Gasteiger partial charge is 0.481 e. The molecular formula is C18H26O2S. The van der Waals surface area contributed by atoms with Crippen molar-refractivity contribution in [2.45, 2.75) is 69.3 Å². The summed E-state index contributed by atoms with van der Waals surface area (Å²) in [6.45, 7) is 2.24. The molecule has 21 heavy (non-hydrogen) atoms. The standard InChI is InChI=1S/C18H26O2S/c1-2-3-4-5-6-7-8-11-15(19)17-14-21-18-13-10-9-12-16(18)20-17/h9-10,12-13,17H,2-8,11,14H2,1H3. The van der Waals surface area contributed by atoms with E-state index in [1.54, 1.807) is 11.8 Å². The topological polar surface area (TPSA) is 26.3 Å². The van der Waals surface area contributed by atoms with Crippen LogP contribution in [0.15, 0.2) is 29.2 Å². The van der Waals surface area contributed by atoms with Gasteiger partial charge in [0.2, 0.25) is 0 Å². The average molecular weight is 306 g/mol. The number of thioether (sulfide) groups is 1. The third-order valence-electron chi connectivity index (χ3n) is 3.89. The van der Waals surface area contributed by atoms with Crippen LogP contribution >= 0.6 is 11.8 Å². The van der Waals surface area contributed by atoms with Crippen molar-refractivity contribution in [1.82, 2.24) is 0 Å². The number of hydrogen-bond donors (Lipinski definition) is 0. The Morgan fingerprint density at radius 3 is 2.67 bits per heavy atom. The Labute approximate surface area is 132 Å². The first-order valence-electron chi connectivity index (χ1n) is 8.22. The maximum absolute atomic E-state index is 12.2. The molecule has 1 aromatic rings. The molecular weight excluding hydrogens is 280 g/mol. The highest BCUT2D eigenvalue weighted by atomic mass is 32.2. The van der Waals surface area contributed by atoms with Crippen molar-refractivity contribution in [2.75, 3.05) is 5.75 Å². The fourth-order valence-electron chi connectivity index (χ4n) is 2.60. The molecule has 0 bridgehead atoms. The van der Waals surface area contributed by atoms with Crippen LogP contribution in [-0.2, 0) is 4.79 Å². The van der Waals surface area contributed by atoms with E-state index in [-0.39, 0.29) is 11.9 Å². The van der Waals surface area contributed by atoms with Crippen LogP contribution < -0.4 is 4.74 Å². The smallest absolute Gasteiger partial charge is 0.174 e. The highest BCUT2D eigenvalue weighted by Crippen LogP contribution is 2.35. The van der Waals surface area contributed by atoms with Crippen LogP contribution in [0, 0.1) is 0 Å². The number of carbonyl (C=O) groups excluding carboxylic acids is 1. The van der Waals surface area contributed by atoms with Gasteiger partial charge in [-0.05, 0) is 18.6 Å². The first-order valence-corrected chi connectivity index (χ1v) is 9.21. The van der Waals surface area contributed by atoms with E-state index in [1.807, 2.05) is 18.2 Å². The second-order valence-electron chi connectivity index (χ2n) is 5.70. The molecule has 0 radical (unpaired) electrons. The molecule has 1 aromatic carbocycles. The SMILES string of the molecule is CCCCCCCCCC(=O)C1CSc2ccccc2O1. The van der Waals surface area contributed by atoms with E-state index in [9.17, 15) is 4.79 Å². The fraction of sp³-hybridized carbons (Fsp3) is 0.611. The van der Waals surface area contributed by atoms with Crippen LogP contribution in [0.1, 0.15) is 58.3 Å². The summed E-state index contributed by atoms with van der Waals surface area (Å²) in [7, 11) is 0. The lowest BCUT2D eigenvalue weighted by atomic mass is 10.1. The van der Waals surface area contributed by atoms with Crippen LogP contribution in [0.5, 0.6) is 5.75 Å². The summed E-state index contributed by atoms with van der Waals surface area (Å²) in [6, 6.07) is 7.98. The van der Waals surface area contributed by atoms with E-state index < -0.39 is 0 Å². The molecule has 0 N–H and O–H groups in total. The second-order valence-corrected chi connectivity index (χ2v) is 6.76. The van der Waals surface area contributed by atoms with Gasteiger partial charge in [0.1, 0.15) is 5.75 Å². The van der Waals surface area contributed by atoms with Gasteiger partial charge in [-0.25, -0.2) is 0 Å². The summed E-state index contributed by atoms with van der Waals surface area (Å²) in [5.74, 6) is 1.89. The van der Waals surface area contributed by atoms with Gasteiger partial charge in [0, 0.05) is 17.1 Å². The third-order valence-corrected chi connectivity index (χ3v) is 5.01. The second kappa shape index (κ2) is 9.14. The van der Waals surface area contributed by atoms with Crippen molar-refractivity contribution in [3.63, 3.8) is 0 Å². The van der Waals surface area contributed by atoms with Crippen molar-refractivity contribution in [1.29, 1.82) is 0 Å². The lowest BCUT2D eigenvalue weighted by Crippen LogP contribution is -2.32. The van der Waals surface area contributed by atoms with Crippen LogP contribution in [0.2, 0.25) is 0 Å². The molecule has 0 aromatic heterocycles. The number of ether oxygens (including phenoxy) is 1. The molecule has 1 aliphatic rings. The van der Waals surface area contributed by atoms with Crippen molar-refractivity contribution in [3.05, 3.63) is 24.3 Å². The van der Waals surface area contributed by atoms with Gasteiger partial charge in [-0.3, -0.25) is 4.79 Å². The number of fused-ring (bicyclic) bond motifs is 1. The minimum absolute atomic E-state index is 0.245. The highest BCUT2D eigenvalue weighted by molar-refractivity contribution is 7.99. The summed E-state index contributed by atoms with van der Waals surface area (Å²) in [4.78, 5) is 13.4. The lowest BCUT2D eigenvalue weighted by Gasteiger charge is -2.24. The van der Waals surface area contributed by atoms with Crippen LogP contribution in [0.3, 0.4) is 0 Å². The van der Waals surface area contributed by atoms with Crippen molar-refractivity contribution < 1.29 is 9.53 Å². The minimum atomic E-state index is -0.245. The molecule has 2 nitrogen and oxygen atoms in total. The fourth-order valence-corrected chi connectivity index (χ4v) is 3.61. The van der Waals surface area contributed by atoms with Crippen LogP contribution in [-0.4, -0.2) is 17.6 Å². The third kappa shape index (κ3) is 5.39. The number of benzene rings is 1. The maximum atomic E-state index is 12.2. The zero-order valence-corrected chi connectivity index (χ0v) is 13.8. The van der Waals surface area contributed by atoms with Crippen molar-refractivity contribution in [3.8, 4) is 5.75 Å².